The molecule has 0 aliphatic heterocycles. The van der Waals surface area contributed by atoms with Crippen molar-refractivity contribution in [2.75, 3.05) is 6.61 Å². The van der Waals surface area contributed by atoms with Crippen LogP contribution in [0.25, 0.3) is 0 Å². The summed E-state index contributed by atoms with van der Waals surface area (Å²) >= 11 is 0. The van der Waals surface area contributed by atoms with Gasteiger partial charge in [0.15, 0.2) is 5.78 Å². The second-order valence-corrected chi connectivity index (χ2v) is 2.72. The van der Waals surface area contributed by atoms with Gasteiger partial charge in [0.2, 0.25) is 0 Å². The van der Waals surface area contributed by atoms with Crippen molar-refractivity contribution in [3.05, 3.63) is 18.5 Å². The zero-order chi connectivity index (χ0) is 10.4. The fourth-order valence-corrected chi connectivity index (χ4v) is 1.00. The third kappa shape index (κ3) is 3.38. The maximum atomic E-state index is 11.2. The van der Waals surface area contributed by atoms with E-state index in [1.54, 1.807) is 25.4 Å². The number of nitrogens with zero attached hydrogens (tertiary/aromatic N) is 2. The average molecular weight is 196 g/mol. The fourth-order valence-electron chi connectivity index (χ4n) is 1.00. The fraction of sp³-hybridized carbons (Fsp3) is 0.444. The van der Waals surface area contributed by atoms with E-state index >= 15 is 0 Å². The van der Waals surface area contributed by atoms with Crippen LogP contribution in [0.2, 0.25) is 0 Å². The second kappa shape index (κ2) is 5.16. The summed E-state index contributed by atoms with van der Waals surface area (Å²) in [5, 5.41) is 3.85. The van der Waals surface area contributed by atoms with Crippen LogP contribution in [0.15, 0.2) is 18.5 Å². The van der Waals surface area contributed by atoms with Gasteiger partial charge in [-0.15, -0.1) is 0 Å². The molecule has 0 saturated heterocycles. The van der Waals surface area contributed by atoms with Gasteiger partial charge in [-0.25, -0.2) is 0 Å². The van der Waals surface area contributed by atoms with E-state index in [4.69, 9.17) is 0 Å². The molecule has 5 nitrogen and oxygen atoms in total. The van der Waals surface area contributed by atoms with Gasteiger partial charge in [0.1, 0.15) is 13.0 Å². The SMILES string of the molecule is CCOC(=O)CC(=O)Cn1cccn1. The number of carbonyl (C=O) groups is 2. The lowest BCUT2D eigenvalue weighted by molar-refractivity contribution is -0.145. The molecular formula is C9H12N2O3. The van der Waals surface area contributed by atoms with E-state index < -0.39 is 5.97 Å². The Hall–Kier alpha value is -1.65. The molecule has 0 atom stereocenters. The number of ketones is 1. The summed E-state index contributed by atoms with van der Waals surface area (Å²) < 4.78 is 6.12. The van der Waals surface area contributed by atoms with Gasteiger partial charge in [-0.1, -0.05) is 0 Å². The highest BCUT2D eigenvalue weighted by molar-refractivity contribution is 5.95. The van der Waals surface area contributed by atoms with E-state index in [2.05, 4.69) is 9.84 Å². The molecule has 0 fully saturated rings. The minimum absolute atomic E-state index is 0.117. The predicted octanol–water partition coefficient (Wildman–Crippen LogP) is 0.405. The summed E-state index contributed by atoms with van der Waals surface area (Å²) in [5.74, 6) is -0.684. The van der Waals surface area contributed by atoms with Crippen molar-refractivity contribution in [3.8, 4) is 0 Å². The van der Waals surface area contributed by atoms with E-state index in [1.165, 1.54) is 4.68 Å². The van der Waals surface area contributed by atoms with Gasteiger partial charge in [0.05, 0.1) is 6.61 Å². The van der Waals surface area contributed by atoms with Gasteiger partial charge in [0.25, 0.3) is 0 Å². The van der Waals surface area contributed by atoms with Crippen LogP contribution in [0, 0.1) is 0 Å². The lowest BCUT2D eigenvalue weighted by atomic mass is 10.3. The number of Topliss-reactive ketones (excluding diaryl/α,β-unsaturated/α-hetero) is 1. The first-order chi connectivity index (χ1) is 6.72. The molecule has 1 aromatic heterocycles. The minimum atomic E-state index is -0.482. The molecule has 0 saturated carbocycles. The molecule has 0 aliphatic rings. The third-order valence-corrected chi connectivity index (χ3v) is 1.54. The van der Waals surface area contributed by atoms with Crippen molar-refractivity contribution >= 4 is 11.8 Å². The van der Waals surface area contributed by atoms with Crippen molar-refractivity contribution in [1.29, 1.82) is 0 Å². The Balaban J connectivity index is 2.33. The standard InChI is InChI=1S/C9H12N2O3/c1-2-14-9(13)6-8(12)7-11-5-3-4-10-11/h3-5H,2,6-7H2,1H3. The molecule has 0 spiro atoms. The molecule has 0 radical (unpaired) electrons. The van der Waals surface area contributed by atoms with E-state index in [0.29, 0.717) is 6.61 Å². The summed E-state index contributed by atoms with van der Waals surface area (Å²) in [5.41, 5.74) is 0. The smallest absolute Gasteiger partial charge is 0.313 e. The molecule has 76 valence electrons. The van der Waals surface area contributed by atoms with E-state index in [1.807, 2.05) is 0 Å². The number of hydrogen-bond donors (Lipinski definition) is 0. The number of ether oxygens (including phenoxy) is 1. The topological polar surface area (TPSA) is 61.2 Å². The Kier molecular flexibility index (Phi) is 3.84. The maximum absolute atomic E-state index is 11.2. The third-order valence-electron chi connectivity index (χ3n) is 1.54. The van der Waals surface area contributed by atoms with Crippen LogP contribution in [-0.4, -0.2) is 28.1 Å². The molecule has 0 N–H and O–H groups in total. The molecule has 0 aliphatic carbocycles. The lowest BCUT2D eigenvalue weighted by Crippen LogP contribution is -2.16. The summed E-state index contributed by atoms with van der Waals surface area (Å²) in [6, 6.07) is 1.72. The molecule has 0 aromatic carbocycles. The van der Waals surface area contributed by atoms with Crippen LogP contribution >= 0.6 is 0 Å². The monoisotopic (exact) mass is 196 g/mol. The van der Waals surface area contributed by atoms with Gasteiger partial charge in [-0.05, 0) is 13.0 Å². The van der Waals surface area contributed by atoms with Crippen LogP contribution in [0.1, 0.15) is 13.3 Å². The number of esters is 1. The van der Waals surface area contributed by atoms with E-state index in [9.17, 15) is 9.59 Å². The Morgan fingerprint density at radius 2 is 2.29 bits per heavy atom. The minimum Gasteiger partial charge on any atom is -0.466 e. The van der Waals surface area contributed by atoms with E-state index in [-0.39, 0.29) is 18.7 Å². The number of carbonyl (C=O) groups excluding carboxylic acids is 2. The molecule has 1 aromatic rings. The maximum Gasteiger partial charge on any atom is 0.313 e. The van der Waals surface area contributed by atoms with Crippen molar-refractivity contribution in [3.63, 3.8) is 0 Å². The number of aromatic nitrogens is 2. The van der Waals surface area contributed by atoms with Gasteiger partial charge < -0.3 is 4.74 Å². The molecular weight excluding hydrogens is 184 g/mol. The van der Waals surface area contributed by atoms with Crippen molar-refractivity contribution in [2.45, 2.75) is 19.9 Å². The van der Waals surface area contributed by atoms with E-state index in [0.717, 1.165) is 0 Å². The van der Waals surface area contributed by atoms with Gasteiger partial charge in [-0.2, -0.15) is 5.10 Å². The Morgan fingerprint density at radius 1 is 1.50 bits per heavy atom. The summed E-state index contributed by atoms with van der Waals surface area (Å²) in [6.45, 7) is 2.12. The van der Waals surface area contributed by atoms with Gasteiger partial charge in [-0.3, -0.25) is 14.3 Å². The molecule has 0 unspecified atom stereocenters. The van der Waals surface area contributed by atoms with Crippen LogP contribution in [-0.2, 0) is 20.9 Å². The highest BCUT2D eigenvalue weighted by Crippen LogP contribution is 1.92. The summed E-state index contributed by atoms with van der Waals surface area (Å²) in [4.78, 5) is 22.1. The first-order valence-electron chi connectivity index (χ1n) is 4.37. The normalized spacial score (nSPS) is 9.79. The first kappa shape index (κ1) is 10.4. The molecule has 1 heterocycles. The lowest BCUT2D eigenvalue weighted by Gasteiger charge is -2.01. The molecule has 5 heteroatoms. The van der Waals surface area contributed by atoms with Gasteiger partial charge in [0, 0.05) is 12.4 Å². The highest BCUT2D eigenvalue weighted by atomic mass is 16.5. The highest BCUT2D eigenvalue weighted by Gasteiger charge is 2.10. The Bertz CT molecular complexity index is 306. The summed E-state index contributed by atoms with van der Waals surface area (Å²) in [6.07, 6.45) is 3.06. The zero-order valence-corrected chi connectivity index (χ0v) is 7.97. The average Bonchev–Trinajstić information content (AvgIpc) is 2.56. The quantitative estimate of drug-likeness (QED) is 0.505. The van der Waals surface area contributed by atoms with Crippen LogP contribution in [0.4, 0.5) is 0 Å². The zero-order valence-electron chi connectivity index (χ0n) is 7.97. The van der Waals surface area contributed by atoms with Crippen LogP contribution in [0.5, 0.6) is 0 Å². The predicted molar refractivity (Wildman–Crippen MR) is 48.5 cm³/mol. The summed E-state index contributed by atoms with van der Waals surface area (Å²) in [7, 11) is 0. The number of rotatable bonds is 5. The van der Waals surface area contributed by atoms with Crippen molar-refractivity contribution < 1.29 is 14.3 Å². The van der Waals surface area contributed by atoms with Crippen LogP contribution < -0.4 is 0 Å². The number of hydrogen-bond acceptors (Lipinski definition) is 4. The molecule has 14 heavy (non-hydrogen) atoms. The van der Waals surface area contributed by atoms with Gasteiger partial charge >= 0.3 is 5.97 Å². The molecule has 0 bridgehead atoms. The molecule has 1 rings (SSSR count). The second-order valence-electron chi connectivity index (χ2n) is 2.72. The van der Waals surface area contributed by atoms with Crippen molar-refractivity contribution in [2.24, 2.45) is 0 Å². The largest absolute Gasteiger partial charge is 0.466 e. The Labute approximate surface area is 81.7 Å². The van der Waals surface area contributed by atoms with Crippen LogP contribution in [0.3, 0.4) is 0 Å². The van der Waals surface area contributed by atoms with Crippen molar-refractivity contribution in [1.82, 2.24) is 9.78 Å². The molecule has 0 amide bonds. The Morgan fingerprint density at radius 3 is 2.86 bits per heavy atom. The first-order valence-corrected chi connectivity index (χ1v) is 4.37.